The molecule has 0 radical (unpaired) electrons. The first kappa shape index (κ1) is 22.4. The molecular weight excluding hydrogens is 519 g/mol. The highest BCUT2D eigenvalue weighted by atomic mass is 79.9. The van der Waals surface area contributed by atoms with Gasteiger partial charge in [-0.1, -0.05) is 59.6 Å². The summed E-state index contributed by atoms with van der Waals surface area (Å²) in [5.41, 5.74) is 4.89. The first-order valence-electron chi connectivity index (χ1n) is 10.9. The zero-order valence-corrected chi connectivity index (χ0v) is 20.8. The number of fused-ring (bicyclic) bond motifs is 1. The van der Waals surface area contributed by atoms with Crippen molar-refractivity contribution >= 4 is 56.8 Å². The van der Waals surface area contributed by atoms with Crippen LogP contribution in [0.1, 0.15) is 46.8 Å². The molecule has 0 aromatic heterocycles. The molecule has 1 heterocycles. The van der Waals surface area contributed by atoms with Crippen LogP contribution in [0.4, 0.5) is 0 Å². The Bertz CT molecular complexity index is 1250. The number of carbonyl (C=O) groups excluding carboxylic acids is 1. The minimum Gasteiger partial charge on any atom is -0.267 e. The van der Waals surface area contributed by atoms with Gasteiger partial charge in [0.25, 0.3) is 5.91 Å². The Hall–Kier alpha value is -2.40. The van der Waals surface area contributed by atoms with Gasteiger partial charge in [-0.3, -0.25) is 4.79 Å². The van der Waals surface area contributed by atoms with Gasteiger partial charge in [0.05, 0.1) is 17.3 Å². The Kier molecular flexibility index (Phi) is 6.42. The van der Waals surface area contributed by atoms with E-state index < -0.39 is 0 Å². The lowest BCUT2D eigenvalue weighted by Crippen LogP contribution is -2.32. The highest BCUT2D eigenvalue weighted by molar-refractivity contribution is 9.10. The third-order valence-corrected chi connectivity index (χ3v) is 7.43. The molecule has 2 atom stereocenters. The third kappa shape index (κ3) is 4.52. The summed E-state index contributed by atoms with van der Waals surface area (Å²) in [6, 6.07) is 22.9. The Labute approximate surface area is 211 Å². The van der Waals surface area contributed by atoms with Gasteiger partial charge >= 0.3 is 0 Å². The molecule has 1 fully saturated rings. The molecule has 3 aromatic rings. The number of hydrogen-bond donors (Lipinski definition) is 0. The van der Waals surface area contributed by atoms with Crippen LogP contribution in [-0.4, -0.2) is 16.6 Å². The maximum Gasteiger partial charge on any atom is 0.275 e. The van der Waals surface area contributed by atoms with E-state index in [2.05, 4.69) is 22.0 Å². The van der Waals surface area contributed by atoms with Gasteiger partial charge in [-0.05, 0) is 94.4 Å². The topological polar surface area (TPSA) is 32.7 Å². The molecule has 1 saturated carbocycles. The van der Waals surface area contributed by atoms with Crippen molar-refractivity contribution < 1.29 is 4.79 Å². The average Bonchev–Trinajstić information content (AvgIpc) is 3.22. The van der Waals surface area contributed by atoms with E-state index in [0.717, 1.165) is 40.6 Å². The minimum atomic E-state index is -0.175. The van der Waals surface area contributed by atoms with Crippen LogP contribution in [0.5, 0.6) is 0 Å². The number of allylic oxidation sites excluding steroid dienone is 1. The lowest BCUT2D eigenvalue weighted by Gasteiger charge is -2.30. The first-order chi connectivity index (χ1) is 16.0. The Morgan fingerprint density at radius 3 is 2.33 bits per heavy atom. The summed E-state index contributed by atoms with van der Waals surface area (Å²) in [4.78, 5) is 13.7. The normalized spacial score (nSPS) is 21.1. The maximum atomic E-state index is 13.7. The summed E-state index contributed by atoms with van der Waals surface area (Å²) in [5.74, 6) is 0.0140. The van der Waals surface area contributed by atoms with Crippen molar-refractivity contribution in [2.75, 3.05) is 0 Å². The number of benzene rings is 3. The molecule has 3 nitrogen and oxygen atoms in total. The molecule has 1 aliphatic carbocycles. The number of carbonyl (C=O) groups is 1. The second kappa shape index (κ2) is 9.46. The van der Waals surface area contributed by atoms with Crippen molar-refractivity contribution in [3.63, 3.8) is 0 Å². The highest BCUT2D eigenvalue weighted by Gasteiger charge is 2.44. The summed E-state index contributed by atoms with van der Waals surface area (Å²) < 4.78 is 0.761. The molecule has 2 aliphatic rings. The third-order valence-electron chi connectivity index (χ3n) is 6.24. The molecule has 1 aliphatic heterocycles. The Morgan fingerprint density at radius 2 is 1.64 bits per heavy atom. The van der Waals surface area contributed by atoms with E-state index in [-0.39, 0.29) is 17.9 Å². The summed E-state index contributed by atoms with van der Waals surface area (Å²) in [5, 5.41) is 8.01. The van der Waals surface area contributed by atoms with Gasteiger partial charge in [0, 0.05) is 20.4 Å². The number of halogens is 3. The van der Waals surface area contributed by atoms with E-state index >= 15 is 0 Å². The van der Waals surface area contributed by atoms with Crippen molar-refractivity contribution in [3.8, 4) is 0 Å². The average molecular weight is 540 g/mol. The maximum absolute atomic E-state index is 13.7. The fraction of sp³-hybridized carbons (Fsp3) is 0.185. The Morgan fingerprint density at radius 1 is 0.970 bits per heavy atom. The van der Waals surface area contributed by atoms with Crippen LogP contribution in [0.25, 0.3) is 6.08 Å². The van der Waals surface area contributed by atoms with Crippen molar-refractivity contribution in [1.82, 2.24) is 5.01 Å². The minimum absolute atomic E-state index is 0.116. The molecule has 0 N–H and O–H groups in total. The van der Waals surface area contributed by atoms with Gasteiger partial charge in [0.1, 0.15) is 0 Å². The fourth-order valence-corrected chi connectivity index (χ4v) is 5.39. The van der Waals surface area contributed by atoms with Crippen molar-refractivity contribution in [1.29, 1.82) is 0 Å². The molecule has 0 bridgehead atoms. The SMILES string of the molecule is O=C(c1ccccc1Br)N1N=C2/C(=C\c3ccc(Cl)cc3)CCC[C@@H]2[C@H]1c1ccc(Cl)cc1. The largest absolute Gasteiger partial charge is 0.275 e. The van der Waals surface area contributed by atoms with Crippen molar-refractivity contribution in [2.24, 2.45) is 11.0 Å². The van der Waals surface area contributed by atoms with Crippen LogP contribution in [0, 0.1) is 5.92 Å². The number of hydrazone groups is 1. The smallest absolute Gasteiger partial charge is 0.267 e. The van der Waals surface area contributed by atoms with Gasteiger partial charge in [-0.15, -0.1) is 0 Å². The molecule has 1 amide bonds. The van der Waals surface area contributed by atoms with Crippen LogP contribution in [0.2, 0.25) is 10.0 Å². The zero-order chi connectivity index (χ0) is 22.9. The van der Waals surface area contributed by atoms with E-state index in [4.69, 9.17) is 28.3 Å². The van der Waals surface area contributed by atoms with Gasteiger partial charge in [0.15, 0.2) is 0 Å². The molecule has 0 saturated heterocycles. The summed E-state index contributed by atoms with van der Waals surface area (Å²) >= 11 is 15.8. The molecule has 33 heavy (non-hydrogen) atoms. The summed E-state index contributed by atoms with van der Waals surface area (Å²) in [7, 11) is 0. The van der Waals surface area contributed by atoms with Gasteiger partial charge < -0.3 is 0 Å². The van der Waals surface area contributed by atoms with Crippen LogP contribution in [-0.2, 0) is 0 Å². The molecule has 0 unspecified atom stereocenters. The lowest BCUT2D eigenvalue weighted by atomic mass is 9.77. The molecule has 5 rings (SSSR count). The van der Waals surface area contributed by atoms with E-state index in [1.165, 1.54) is 5.57 Å². The monoisotopic (exact) mass is 538 g/mol. The van der Waals surface area contributed by atoms with Gasteiger partial charge in [-0.25, -0.2) is 5.01 Å². The van der Waals surface area contributed by atoms with Crippen molar-refractivity contribution in [3.05, 3.63) is 110 Å². The van der Waals surface area contributed by atoms with E-state index in [0.29, 0.717) is 15.6 Å². The molecule has 3 aromatic carbocycles. The fourth-order valence-electron chi connectivity index (χ4n) is 4.68. The predicted octanol–water partition coefficient (Wildman–Crippen LogP) is 8.19. The van der Waals surface area contributed by atoms with Crippen LogP contribution in [0.15, 0.2) is 87.9 Å². The number of nitrogens with zero attached hydrogens (tertiary/aromatic N) is 2. The molecule has 0 spiro atoms. The quantitative estimate of drug-likeness (QED) is 0.330. The van der Waals surface area contributed by atoms with Gasteiger partial charge in [-0.2, -0.15) is 5.10 Å². The van der Waals surface area contributed by atoms with Crippen molar-refractivity contribution in [2.45, 2.75) is 25.3 Å². The van der Waals surface area contributed by atoms with Crippen LogP contribution < -0.4 is 0 Å². The van der Waals surface area contributed by atoms with E-state index in [1.807, 2.05) is 72.8 Å². The van der Waals surface area contributed by atoms with Crippen LogP contribution in [0.3, 0.4) is 0 Å². The second-order valence-electron chi connectivity index (χ2n) is 8.33. The Balaban J connectivity index is 1.59. The zero-order valence-electron chi connectivity index (χ0n) is 17.7. The number of amides is 1. The predicted molar refractivity (Wildman–Crippen MR) is 139 cm³/mol. The lowest BCUT2D eigenvalue weighted by molar-refractivity contribution is 0.0680. The summed E-state index contributed by atoms with van der Waals surface area (Å²) in [6.45, 7) is 0. The van der Waals surface area contributed by atoms with Gasteiger partial charge in [0.2, 0.25) is 0 Å². The number of rotatable bonds is 3. The molecule has 166 valence electrons. The van der Waals surface area contributed by atoms with E-state index in [9.17, 15) is 4.79 Å². The van der Waals surface area contributed by atoms with E-state index in [1.54, 1.807) is 5.01 Å². The first-order valence-corrected chi connectivity index (χ1v) is 12.4. The number of hydrogen-bond acceptors (Lipinski definition) is 2. The molecular formula is C27H21BrCl2N2O. The second-order valence-corrected chi connectivity index (χ2v) is 10.1. The molecule has 6 heteroatoms. The standard InChI is InChI=1S/C27H21BrCl2N2O/c28-24-7-2-1-5-22(24)27(33)32-26(18-10-14-21(30)15-11-18)23-6-3-4-19(25(23)31-32)16-17-8-12-20(29)13-9-17/h1-2,5,7-16,23,26H,3-4,6H2/b19-16-/t23-,26+/m0/s1. The summed E-state index contributed by atoms with van der Waals surface area (Å²) in [6.07, 6.45) is 5.13. The highest BCUT2D eigenvalue weighted by Crippen LogP contribution is 2.45. The van der Waals surface area contributed by atoms with Crippen LogP contribution >= 0.6 is 39.1 Å².